The SMILES string of the molecule is CCN(CC)[C@H](Cc1ccc(C(C)C)cc1)C(=O)O. The molecule has 0 aliphatic heterocycles. The van der Waals surface area contributed by atoms with Gasteiger partial charge in [0.15, 0.2) is 0 Å². The van der Waals surface area contributed by atoms with Crippen LogP contribution in [-0.4, -0.2) is 35.1 Å². The van der Waals surface area contributed by atoms with Gasteiger partial charge in [-0.25, -0.2) is 0 Å². The average Bonchev–Trinajstić information content (AvgIpc) is 2.39. The number of aliphatic carboxylic acids is 1. The Balaban J connectivity index is 2.82. The van der Waals surface area contributed by atoms with Gasteiger partial charge in [0.1, 0.15) is 6.04 Å². The van der Waals surface area contributed by atoms with Gasteiger partial charge >= 0.3 is 5.97 Å². The van der Waals surface area contributed by atoms with Gasteiger partial charge in [0.2, 0.25) is 0 Å². The van der Waals surface area contributed by atoms with Crippen molar-refractivity contribution < 1.29 is 9.90 Å². The molecule has 0 unspecified atom stereocenters. The molecule has 1 rings (SSSR count). The fraction of sp³-hybridized carbons (Fsp3) is 0.562. The van der Waals surface area contributed by atoms with Crippen LogP contribution in [0.4, 0.5) is 0 Å². The van der Waals surface area contributed by atoms with E-state index in [4.69, 9.17) is 0 Å². The first-order valence-corrected chi connectivity index (χ1v) is 7.05. The molecular weight excluding hydrogens is 238 g/mol. The van der Waals surface area contributed by atoms with Crippen molar-refractivity contribution in [1.82, 2.24) is 4.90 Å². The molecule has 0 radical (unpaired) electrons. The lowest BCUT2D eigenvalue weighted by molar-refractivity contribution is -0.143. The number of hydrogen-bond donors (Lipinski definition) is 1. The molecule has 0 aromatic heterocycles. The van der Waals surface area contributed by atoms with Gasteiger partial charge in [0.25, 0.3) is 0 Å². The second kappa shape index (κ2) is 7.29. The standard InChI is InChI=1S/C16H25NO2/c1-5-17(6-2)15(16(18)19)11-13-7-9-14(10-8-13)12(3)4/h7-10,12,15H,5-6,11H2,1-4H3,(H,18,19)/t15-/m1/s1. The summed E-state index contributed by atoms with van der Waals surface area (Å²) in [6.07, 6.45) is 0.565. The van der Waals surface area contributed by atoms with Crippen LogP contribution in [0.15, 0.2) is 24.3 Å². The highest BCUT2D eigenvalue weighted by Crippen LogP contribution is 2.16. The van der Waals surface area contributed by atoms with Crippen molar-refractivity contribution in [2.24, 2.45) is 0 Å². The normalized spacial score (nSPS) is 12.9. The molecule has 1 aromatic carbocycles. The number of benzene rings is 1. The van der Waals surface area contributed by atoms with Crippen LogP contribution in [-0.2, 0) is 11.2 Å². The molecule has 1 atom stereocenters. The zero-order valence-corrected chi connectivity index (χ0v) is 12.4. The highest BCUT2D eigenvalue weighted by Gasteiger charge is 2.23. The predicted molar refractivity (Wildman–Crippen MR) is 78.6 cm³/mol. The molecule has 1 N–H and O–H groups in total. The van der Waals surface area contributed by atoms with Crippen LogP contribution in [0.25, 0.3) is 0 Å². The molecule has 0 aliphatic carbocycles. The first kappa shape index (κ1) is 15.7. The average molecular weight is 263 g/mol. The van der Waals surface area contributed by atoms with Crippen molar-refractivity contribution in [2.45, 2.75) is 46.1 Å². The zero-order chi connectivity index (χ0) is 14.4. The smallest absolute Gasteiger partial charge is 0.321 e. The van der Waals surface area contributed by atoms with Gasteiger partial charge in [-0.1, -0.05) is 52.0 Å². The molecule has 106 valence electrons. The fourth-order valence-electron chi connectivity index (χ4n) is 2.30. The molecule has 19 heavy (non-hydrogen) atoms. The zero-order valence-electron chi connectivity index (χ0n) is 12.4. The van der Waals surface area contributed by atoms with E-state index in [1.54, 1.807) is 0 Å². The number of hydrogen-bond acceptors (Lipinski definition) is 2. The van der Waals surface area contributed by atoms with E-state index in [-0.39, 0.29) is 0 Å². The van der Waals surface area contributed by atoms with Crippen LogP contribution in [0.5, 0.6) is 0 Å². The molecule has 0 aliphatic rings. The Bertz CT molecular complexity index is 394. The third kappa shape index (κ3) is 4.35. The lowest BCUT2D eigenvalue weighted by atomic mass is 9.98. The third-order valence-electron chi connectivity index (χ3n) is 3.61. The number of likely N-dealkylation sites (N-methyl/N-ethyl adjacent to an activating group) is 1. The van der Waals surface area contributed by atoms with Crippen LogP contribution < -0.4 is 0 Å². The van der Waals surface area contributed by atoms with Crippen molar-refractivity contribution in [2.75, 3.05) is 13.1 Å². The monoisotopic (exact) mass is 263 g/mol. The van der Waals surface area contributed by atoms with Crippen LogP contribution in [0, 0.1) is 0 Å². The van der Waals surface area contributed by atoms with Gasteiger partial charge in [-0.15, -0.1) is 0 Å². The Morgan fingerprint density at radius 1 is 1.16 bits per heavy atom. The Kier molecular flexibility index (Phi) is 6.03. The van der Waals surface area contributed by atoms with Crippen molar-refractivity contribution in [3.8, 4) is 0 Å². The predicted octanol–water partition coefficient (Wildman–Crippen LogP) is 3.15. The Hall–Kier alpha value is -1.35. The van der Waals surface area contributed by atoms with Crippen LogP contribution in [0.1, 0.15) is 44.7 Å². The first-order chi connectivity index (χ1) is 8.99. The van der Waals surface area contributed by atoms with E-state index in [1.807, 2.05) is 18.7 Å². The minimum Gasteiger partial charge on any atom is -0.480 e. The number of carboxylic acid groups (broad SMARTS) is 1. The molecule has 0 bridgehead atoms. The van der Waals surface area contributed by atoms with E-state index >= 15 is 0 Å². The summed E-state index contributed by atoms with van der Waals surface area (Å²) in [4.78, 5) is 13.4. The van der Waals surface area contributed by atoms with Gasteiger partial charge in [-0.05, 0) is 36.6 Å². The number of carboxylic acids is 1. The summed E-state index contributed by atoms with van der Waals surface area (Å²) in [5.41, 5.74) is 2.38. The van der Waals surface area contributed by atoms with Gasteiger partial charge in [0.05, 0.1) is 0 Å². The lowest BCUT2D eigenvalue weighted by Gasteiger charge is -2.26. The molecular formula is C16H25NO2. The number of nitrogens with zero attached hydrogens (tertiary/aromatic N) is 1. The van der Waals surface area contributed by atoms with E-state index in [0.717, 1.165) is 18.7 Å². The summed E-state index contributed by atoms with van der Waals surface area (Å²) in [6.45, 7) is 9.84. The second-order valence-electron chi connectivity index (χ2n) is 5.18. The highest BCUT2D eigenvalue weighted by atomic mass is 16.4. The van der Waals surface area contributed by atoms with E-state index in [2.05, 4.69) is 38.1 Å². The molecule has 0 amide bonds. The lowest BCUT2D eigenvalue weighted by Crippen LogP contribution is -2.42. The summed E-state index contributed by atoms with van der Waals surface area (Å²) in [7, 11) is 0. The first-order valence-electron chi connectivity index (χ1n) is 7.05. The van der Waals surface area contributed by atoms with Crippen molar-refractivity contribution >= 4 is 5.97 Å². The maximum absolute atomic E-state index is 11.4. The maximum atomic E-state index is 11.4. The van der Waals surface area contributed by atoms with E-state index in [1.165, 1.54) is 5.56 Å². The van der Waals surface area contributed by atoms with E-state index in [0.29, 0.717) is 12.3 Å². The van der Waals surface area contributed by atoms with Crippen LogP contribution >= 0.6 is 0 Å². The van der Waals surface area contributed by atoms with E-state index in [9.17, 15) is 9.90 Å². The van der Waals surface area contributed by atoms with Crippen molar-refractivity contribution in [3.63, 3.8) is 0 Å². The topological polar surface area (TPSA) is 40.5 Å². The fourth-order valence-corrected chi connectivity index (χ4v) is 2.30. The minimum absolute atomic E-state index is 0.431. The highest BCUT2D eigenvalue weighted by molar-refractivity contribution is 5.74. The summed E-state index contributed by atoms with van der Waals surface area (Å²) in [5.74, 6) is -0.233. The van der Waals surface area contributed by atoms with E-state index < -0.39 is 12.0 Å². The van der Waals surface area contributed by atoms with Gasteiger partial charge < -0.3 is 5.11 Å². The number of rotatable bonds is 7. The Morgan fingerprint density at radius 2 is 1.68 bits per heavy atom. The van der Waals surface area contributed by atoms with Crippen molar-refractivity contribution in [1.29, 1.82) is 0 Å². The Morgan fingerprint density at radius 3 is 2.05 bits per heavy atom. The third-order valence-corrected chi connectivity index (χ3v) is 3.61. The summed E-state index contributed by atoms with van der Waals surface area (Å²) in [5, 5.41) is 9.37. The van der Waals surface area contributed by atoms with Gasteiger partial charge in [-0.2, -0.15) is 0 Å². The molecule has 0 heterocycles. The van der Waals surface area contributed by atoms with Gasteiger partial charge in [0, 0.05) is 0 Å². The minimum atomic E-state index is -0.739. The molecule has 0 fully saturated rings. The number of carbonyl (C=O) groups is 1. The maximum Gasteiger partial charge on any atom is 0.321 e. The van der Waals surface area contributed by atoms with Gasteiger partial charge in [-0.3, -0.25) is 9.69 Å². The second-order valence-corrected chi connectivity index (χ2v) is 5.18. The van der Waals surface area contributed by atoms with Crippen molar-refractivity contribution in [3.05, 3.63) is 35.4 Å². The molecule has 3 heteroatoms. The summed E-state index contributed by atoms with van der Waals surface area (Å²) >= 11 is 0. The molecule has 3 nitrogen and oxygen atoms in total. The summed E-state index contributed by atoms with van der Waals surface area (Å²) < 4.78 is 0. The molecule has 0 saturated heterocycles. The quantitative estimate of drug-likeness (QED) is 0.821. The largest absolute Gasteiger partial charge is 0.480 e. The van der Waals surface area contributed by atoms with Crippen LogP contribution in [0.3, 0.4) is 0 Å². The van der Waals surface area contributed by atoms with Crippen LogP contribution in [0.2, 0.25) is 0 Å². The Labute approximate surface area is 116 Å². The summed E-state index contributed by atoms with van der Waals surface area (Å²) in [6, 6.07) is 7.87. The molecule has 0 spiro atoms. The molecule has 1 aromatic rings. The molecule has 0 saturated carbocycles.